The van der Waals surface area contributed by atoms with Crippen LogP contribution in [0, 0.1) is 5.82 Å². The van der Waals surface area contributed by atoms with Crippen LogP contribution in [-0.4, -0.2) is 52.6 Å². The van der Waals surface area contributed by atoms with Crippen molar-refractivity contribution in [1.29, 1.82) is 0 Å². The number of nitrogens with zero attached hydrogens (tertiary/aromatic N) is 2. The lowest BCUT2D eigenvalue weighted by Gasteiger charge is -2.36. The monoisotopic (exact) mass is 377 g/mol. The number of benzene rings is 2. The third-order valence-corrected chi connectivity index (χ3v) is 5.88. The van der Waals surface area contributed by atoms with E-state index in [1.165, 1.54) is 17.8 Å². The molecule has 0 aromatic heterocycles. The maximum absolute atomic E-state index is 13.6. The van der Waals surface area contributed by atoms with Gasteiger partial charge in [-0.2, -0.15) is 0 Å². The molecule has 2 aromatic rings. The van der Waals surface area contributed by atoms with Gasteiger partial charge in [-0.15, -0.1) is 0 Å². The molecule has 140 valence electrons. The lowest BCUT2D eigenvalue weighted by molar-refractivity contribution is 0.262. The fourth-order valence-electron chi connectivity index (χ4n) is 3.10. The zero-order chi connectivity index (χ0) is 18.4. The molecule has 0 atom stereocenters. The molecule has 0 spiro atoms. The largest absolute Gasteiger partial charge is 0.369 e. The molecule has 0 bridgehead atoms. The van der Waals surface area contributed by atoms with Crippen molar-refractivity contribution >= 4 is 15.7 Å². The first-order valence-electron chi connectivity index (χ1n) is 8.77. The minimum atomic E-state index is -3.54. The maximum atomic E-state index is 13.6. The Morgan fingerprint density at radius 1 is 0.923 bits per heavy atom. The summed E-state index contributed by atoms with van der Waals surface area (Å²) >= 11 is 0. The minimum absolute atomic E-state index is 0.191. The van der Waals surface area contributed by atoms with Crippen LogP contribution in [0.5, 0.6) is 0 Å². The van der Waals surface area contributed by atoms with Gasteiger partial charge in [0.1, 0.15) is 5.82 Å². The highest BCUT2D eigenvalue weighted by molar-refractivity contribution is 7.88. The molecule has 0 radical (unpaired) electrons. The molecular weight excluding hydrogens is 353 g/mol. The molecule has 26 heavy (non-hydrogen) atoms. The van der Waals surface area contributed by atoms with E-state index in [4.69, 9.17) is 0 Å². The molecule has 1 aliphatic heterocycles. The van der Waals surface area contributed by atoms with Gasteiger partial charge in [-0.1, -0.05) is 36.4 Å². The Bertz CT molecular complexity index is 807. The highest BCUT2D eigenvalue weighted by Gasteiger charge is 2.18. The van der Waals surface area contributed by atoms with Crippen molar-refractivity contribution in [3.05, 3.63) is 66.0 Å². The standard InChI is InChI=1S/C19H24FN3O2S/c20-19-9-5-4-6-17(19)16-26(24,25)21-10-11-22-12-14-23(15-13-22)18-7-2-1-3-8-18/h1-9,21H,10-16H2. The number of rotatable bonds is 7. The summed E-state index contributed by atoms with van der Waals surface area (Å²) in [5, 5.41) is 0. The lowest BCUT2D eigenvalue weighted by atomic mass is 10.2. The molecule has 5 nitrogen and oxygen atoms in total. The van der Waals surface area contributed by atoms with Crippen LogP contribution in [0.2, 0.25) is 0 Å². The van der Waals surface area contributed by atoms with Gasteiger partial charge in [0.15, 0.2) is 0 Å². The van der Waals surface area contributed by atoms with E-state index in [2.05, 4.69) is 26.7 Å². The summed E-state index contributed by atoms with van der Waals surface area (Å²) < 4.78 is 40.4. The molecule has 3 rings (SSSR count). The molecule has 1 N–H and O–H groups in total. The summed E-state index contributed by atoms with van der Waals surface area (Å²) in [4.78, 5) is 4.57. The second kappa shape index (κ2) is 8.62. The van der Waals surface area contributed by atoms with Crippen LogP contribution in [-0.2, 0) is 15.8 Å². The Labute approximate surface area is 154 Å². The van der Waals surface area contributed by atoms with Crippen molar-refractivity contribution in [1.82, 2.24) is 9.62 Å². The smallest absolute Gasteiger partial charge is 0.215 e. The van der Waals surface area contributed by atoms with Crippen molar-refractivity contribution in [2.45, 2.75) is 5.75 Å². The van der Waals surface area contributed by atoms with Crippen LogP contribution in [0.25, 0.3) is 0 Å². The quantitative estimate of drug-likeness (QED) is 0.803. The predicted octanol–water partition coefficient (Wildman–Crippen LogP) is 2.07. The maximum Gasteiger partial charge on any atom is 0.215 e. The Kier molecular flexibility index (Phi) is 6.24. The molecular formula is C19H24FN3O2S. The van der Waals surface area contributed by atoms with Gasteiger partial charge in [0.25, 0.3) is 0 Å². The van der Waals surface area contributed by atoms with Crippen LogP contribution in [0.3, 0.4) is 0 Å². The summed E-state index contributed by atoms with van der Waals surface area (Å²) in [7, 11) is -3.54. The Morgan fingerprint density at radius 2 is 1.58 bits per heavy atom. The molecule has 0 aliphatic carbocycles. The zero-order valence-electron chi connectivity index (χ0n) is 14.6. The van der Waals surface area contributed by atoms with Crippen LogP contribution in [0.4, 0.5) is 10.1 Å². The summed E-state index contributed by atoms with van der Waals surface area (Å²) in [5.74, 6) is -0.823. The van der Waals surface area contributed by atoms with Crippen molar-refractivity contribution in [3.63, 3.8) is 0 Å². The topological polar surface area (TPSA) is 52.7 Å². The summed E-state index contributed by atoms with van der Waals surface area (Å²) in [5.41, 5.74) is 1.41. The van der Waals surface area contributed by atoms with E-state index in [0.717, 1.165) is 26.2 Å². The van der Waals surface area contributed by atoms with Gasteiger partial charge in [0.05, 0.1) is 5.75 Å². The van der Waals surface area contributed by atoms with E-state index in [1.807, 2.05) is 18.2 Å². The molecule has 0 saturated carbocycles. The average Bonchev–Trinajstić information content (AvgIpc) is 2.65. The van der Waals surface area contributed by atoms with Crippen LogP contribution in [0.1, 0.15) is 5.56 Å². The third kappa shape index (κ3) is 5.27. The first-order chi connectivity index (χ1) is 12.5. The molecule has 1 aliphatic rings. The van der Waals surface area contributed by atoms with Crippen LogP contribution < -0.4 is 9.62 Å². The number of hydrogen-bond acceptors (Lipinski definition) is 4. The Balaban J connectivity index is 1.42. The minimum Gasteiger partial charge on any atom is -0.369 e. The second-order valence-corrected chi connectivity index (χ2v) is 8.22. The lowest BCUT2D eigenvalue weighted by Crippen LogP contribution is -2.48. The van der Waals surface area contributed by atoms with E-state index < -0.39 is 15.8 Å². The number of hydrogen-bond donors (Lipinski definition) is 1. The predicted molar refractivity (Wildman–Crippen MR) is 102 cm³/mol. The third-order valence-electron chi connectivity index (χ3n) is 4.55. The van der Waals surface area contributed by atoms with Crippen molar-refractivity contribution in [2.24, 2.45) is 0 Å². The van der Waals surface area contributed by atoms with Gasteiger partial charge in [-0.05, 0) is 18.2 Å². The van der Waals surface area contributed by atoms with Crippen LogP contribution in [0.15, 0.2) is 54.6 Å². The van der Waals surface area contributed by atoms with Crippen molar-refractivity contribution < 1.29 is 12.8 Å². The van der Waals surface area contributed by atoms with Gasteiger partial charge >= 0.3 is 0 Å². The van der Waals surface area contributed by atoms with E-state index >= 15 is 0 Å². The molecule has 1 saturated heterocycles. The summed E-state index contributed by atoms with van der Waals surface area (Å²) in [6.45, 7) is 4.62. The van der Waals surface area contributed by atoms with E-state index in [9.17, 15) is 12.8 Å². The van der Waals surface area contributed by atoms with Crippen molar-refractivity contribution in [3.8, 4) is 0 Å². The first kappa shape index (κ1) is 18.8. The normalized spacial score (nSPS) is 16.0. The fraction of sp³-hybridized carbons (Fsp3) is 0.368. The summed E-state index contributed by atoms with van der Waals surface area (Å²) in [6, 6.07) is 16.2. The zero-order valence-corrected chi connectivity index (χ0v) is 15.5. The van der Waals surface area contributed by atoms with Gasteiger partial charge < -0.3 is 4.90 Å². The molecule has 2 aromatic carbocycles. The summed E-state index contributed by atoms with van der Waals surface area (Å²) in [6.07, 6.45) is 0. The highest BCUT2D eigenvalue weighted by atomic mass is 32.2. The number of halogens is 1. The number of piperazine rings is 1. The van der Waals surface area contributed by atoms with Gasteiger partial charge in [-0.25, -0.2) is 17.5 Å². The Hall–Kier alpha value is -1.96. The van der Waals surface area contributed by atoms with E-state index in [-0.39, 0.29) is 11.3 Å². The second-order valence-electron chi connectivity index (χ2n) is 6.41. The van der Waals surface area contributed by atoms with E-state index in [0.29, 0.717) is 13.1 Å². The number of para-hydroxylation sites is 1. The average molecular weight is 377 g/mol. The molecule has 0 amide bonds. The highest BCUT2D eigenvalue weighted by Crippen LogP contribution is 2.15. The van der Waals surface area contributed by atoms with Crippen LogP contribution >= 0.6 is 0 Å². The van der Waals surface area contributed by atoms with Gasteiger partial charge in [0, 0.05) is 50.5 Å². The number of anilines is 1. The molecule has 1 heterocycles. The number of sulfonamides is 1. The molecule has 0 unspecified atom stereocenters. The van der Waals surface area contributed by atoms with Gasteiger partial charge in [0.2, 0.25) is 10.0 Å². The molecule has 7 heteroatoms. The molecule has 1 fully saturated rings. The van der Waals surface area contributed by atoms with Crippen molar-refractivity contribution in [2.75, 3.05) is 44.2 Å². The van der Waals surface area contributed by atoms with E-state index in [1.54, 1.807) is 12.1 Å². The van der Waals surface area contributed by atoms with Gasteiger partial charge in [-0.3, -0.25) is 4.90 Å². The fourth-order valence-corrected chi connectivity index (χ4v) is 4.25. The Morgan fingerprint density at radius 3 is 2.27 bits per heavy atom. The first-order valence-corrected chi connectivity index (χ1v) is 10.4. The number of nitrogens with one attached hydrogen (secondary N) is 1. The SMILES string of the molecule is O=S(=O)(Cc1ccccc1F)NCCN1CCN(c2ccccc2)CC1.